The molecule has 2 aromatic rings. The molecule has 88 valence electrons. The molecular weight excluding hydrogens is 236 g/mol. The number of nitrogens with zero attached hydrogens (tertiary/aromatic N) is 2. The first kappa shape index (κ1) is 10.8. The first-order valence-electron chi connectivity index (χ1n) is 5.84. The van der Waals surface area contributed by atoms with Crippen LogP contribution in [0.2, 0.25) is 0 Å². The fourth-order valence-electron chi connectivity index (χ4n) is 2.06. The van der Waals surface area contributed by atoms with Gasteiger partial charge in [-0.15, -0.1) is 11.6 Å². The average Bonchev–Trinajstić information content (AvgIpc) is 3.16. The molecule has 1 aromatic heterocycles. The average molecular weight is 249 g/mol. The molecule has 1 aliphatic rings. The number of hydrogen-bond donors (Lipinski definition) is 0. The molecule has 0 spiro atoms. The molecule has 4 heteroatoms. The van der Waals surface area contributed by atoms with Gasteiger partial charge in [0.15, 0.2) is 0 Å². The van der Waals surface area contributed by atoms with Gasteiger partial charge in [-0.2, -0.15) is 0 Å². The normalized spacial score (nSPS) is 15.4. The lowest BCUT2D eigenvalue weighted by Gasteiger charge is -2.10. The zero-order valence-corrected chi connectivity index (χ0v) is 10.2. The molecule has 0 amide bonds. The quantitative estimate of drug-likeness (QED) is 0.783. The summed E-state index contributed by atoms with van der Waals surface area (Å²) < 4.78 is 1.74. The van der Waals surface area contributed by atoms with E-state index in [1.54, 1.807) is 4.57 Å². The molecule has 17 heavy (non-hydrogen) atoms. The Balaban J connectivity index is 2.23. The number of rotatable bonds is 3. The van der Waals surface area contributed by atoms with Crippen LogP contribution < -0.4 is 5.56 Å². The molecule has 1 saturated carbocycles. The van der Waals surface area contributed by atoms with E-state index >= 15 is 0 Å². The summed E-state index contributed by atoms with van der Waals surface area (Å²) >= 11 is 5.89. The van der Waals surface area contributed by atoms with Crippen LogP contribution in [0.4, 0.5) is 0 Å². The van der Waals surface area contributed by atoms with E-state index in [1.807, 2.05) is 24.3 Å². The lowest BCUT2D eigenvalue weighted by Crippen LogP contribution is -2.25. The number of aromatic nitrogens is 2. The summed E-state index contributed by atoms with van der Waals surface area (Å²) in [5, 5.41) is 0.682. The van der Waals surface area contributed by atoms with Gasteiger partial charge in [0.2, 0.25) is 0 Å². The largest absolute Gasteiger partial charge is 0.295 e. The molecule has 0 saturated heterocycles. The first-order valence-corrected chi connectivity index (χ1v) is 6.37. The molecule has 0 aliphatic heterocycles. The van der Waals surface area contributed by atoms with Gasteiger partial charge in [0.05, 0.1) is 16.8 Å². The van der Waals surface area contributed by atoms with E-state index in [4.69, 9.17) is 11.6 Å². The maximum Gasteiger partial charge on any atom is 0.261 e. The SMILES string of the molecule is O=c1c2ccccc2nc(CCl)n1CC1CC1. The molecule has 1 aromatic carbocycles. The predicted octanol–water partition coefficient (Wildman–Crippen LogP) is 2.55. The summed E-state index contributed by atoms with van der Waals surface area (Å²) in [6.45, 7) is 0.763. The van der Waals surface area contributed by atoms with Gasteiger partial charge in [-0.3, -0.25) is 9.36 Å². The molecule has 0 radical (unpaired) electrons. The van der Waals surface area contributed by atoms with Crippen molar-refractivity contribution in [2.45, 2.75) is 25.3 Å². The molecule has 0 unspecified atom stereocenters. The second-order valence-electron chi connectivity index (χ2n) is 4.54. The highest BCUT2D eigenvalue weighted by Gasteiger charge is 2.24. The Kier molecular flexibility index (Phi) is 2.63. The Bertz CT molecular complexity index is 616. The van der Waals surface area contributed by atoms with Crippen LogP contribution in [0.1, 0.15) is 18.7 Å². The van der Waals surface area contributed by atoms with Gasteiger partial charge in [-0.1, -0.05) is 12.1 Å². The van der Waals surface area contributed by atoms with Gasteiger partial charge >= 0.3 is 0 Å². The van der Waals surface area contributed by atoms with E-state index in [-0.39, 0.29) is 11.4 Å². The highest BCUT2D eigenvalue weighted by Crippen LogP contribution is 2.30. The summed E-state index contributed by atoms with van der Waals surface area (Å²) in [5.41, 5.74) is 0.776. The Morgan fingerprint density at radius 1 is 1.35 bits per heavy atom. The van der Waals surface area contributed by atoms with E-state index in [9.17, 15) is 4.79 Å². The van der Waals surface area contributed by atoms with Crippen LogP contribution >= 0.6 is 11.6 Å². The molecule has 1 fully saturated rings. The fourth-order valence-corrected chi connectivity index (χ4v) is 2.27. The minimum absolute atomic E-state index is 0.0400. The third-order valence-corrected chi connectivity index (χ3v) is 3.44. The van der Waals surface area contributed by atoms with Crippen LogP contribution in [-0.2, 0) is 12.4 Å². The highest BCUT2D eigenvalue weighted by molar-refractivity contribution is 6.16. The highest BCUT2D eigenvalue weighted by atomic mass is 35.5. The van der Waals surface area contributed by atoms with Crippen molar-refractivity contribution >= 4 is 22.5 Å². The Morgan fingerprint density at radius 2 is 2.12 bits per heavy atom. The lowest BCUT2D eigenvalue weighted by atomic mass is 10.2. The smallest absolute Gasteiger partial charge is 0.261 e. The van der Waals surface area contributed by atoms with Crippen molar-refractivity contribution in [3.8, 4) is 0 Å². The van der Waals surface area contributed by atoms with Crippen molar-refractivity contribution in [1.29, 1.82) is 0 Å². The van der Waals surface area contributed by atoms with Crippen LogP contribution in [0, 0.1) is 5.92 Å². The predicted molar refractivity (Wildman–Crippen MR) is 68.3 cm³/mol. The van der Waals surface area contributed by atoms with Crippen LogP contribution in [0.5, 0.6) is 0 Å². The second-order valence-corrected chi connectivity index (χ2v) is 4.81. The van der Waals surface area contributed by atoms with E-state index in [2.05, 4.69) is 4.98 Å². The van der Waals surface area contributed by atoms with Crippen molar-refractivity contribution in [1.82, 2.24) is 9.55 Å². The van der Waals surface area contributed by atoms with Gasteiger partial charge in [-0.25, -0.2) is 4.98 Å². The van der Waals surface area contributed by atoms with E-state index in [0.29, 0.717) is 17.1 Å². The number of hydrogen-bond acceptors (Lipinski definition) is 2. The van der Waals surface area contributed by atoms with Crippen LogP contribution in [0.25, 0.3) is 10.9 Å². The molecular formula is C13H13ClN2O. The topological polar surface area (TPSA) is 34.9 Å². The third kappa shape index (κ3) is 1.95. The lowest BCUT2D eigenvalue weighted by molar-refractivity contribution is 0.581. The van der Waals surface area contributed by atoms with Gasteiger partial charge in [-0.05, 0) is 30.9 Å². The van der Waals surface area contributed by atoms with Crippen molar-refractivity contribution in [2.24, 2.45) is 5.92 Å². The maximum atomic E-state index is 12.3. The van der Waals surface area contributed by atoms with E-state index in [1.165, 1.54) is 12.8 Å². The first-order chi connectivity index (χ1) is 8.29. The number of fused-ring (bicyclic) bond motifs is 1. The van der Waals surface area contributed by atoms with Gasteiger partial charge in [0, 0.05) is 6.54 Å². The maximum absolute atomic E-state index is 12.3. The zero-order chi connectivity index (χ0) is 11.8. The van der Waals surface area contributed by atoms with Gasteiger partial charge in [0.1, 0.15) is 5.82 Å². The van der Waals surface area contributed by atoms with Crippen molar-refractivity contribution in [2.75, 3.05) is 0 Å². The third-order valence-electron chi connectivity index (χ3n) is 3.20. The second kappa shape index (κ2) is 4.15. The van der Waals surface area contributed by atoms with Crippen molar-refractivity contribution < 1.29 is 0 Å². The van der Waals surface area contributed by atoms with Crippen LogP contribution in [0.15, 0.2) is 29.1 Å². The minimum Gasteiger partial charge on any atom is -0.295 e. The molecule has 0 atom stereocenters. The van der Waals surface area contributed by atoms with Crippen LogP contribution in [0.3, 0.4) is 0 Å². The number of para-hydroxylation sites is 1. The summed E-state index contributed by atoms with van der Waals surface area (Å²) in [6.07, 6.45) is 2.42. The molecule has 3 nitrogen and oxygen atoms in total. The summed E-state index contributed by atoms with van der Waals surface area (Å²) in [6, 6.07) is 7.44. The standard InChI is InChI=1S/C13H13ClN2O/c14-7-12-15-11-4-2-1-3-10(11)13(17)16(12)8-9-5-6-9/h1-4,9H,5-8H2. The monoisotopic (exact) mass is 248 g/mol. The summed E-state index contributed by atoms with van der Waals surface area (Å²) in [5.74, 6) is 1.60. The Hall–Kier alpha value is -1.35. The fraction of sp³-hybridized carbons (Fsp3) is 0.385. The number of alkyl halides is 1. The molecule has 0 bridgehead atoms. The Labute approximate surface area is 104 Å². The van der Waals surface area contributed by atoms with Crippen molar-refractivity contribution in [3.63, 3.8) is 0 Å². The molecule has 0 N–H and O–H groups in total. The van der Waals surface area contributed by atoms with E-state index < -0.39 is 0 Å². The van der Waals surface area contributed by atoms with E-state index in [0.717, 1.165) is 12.1 Å². The van der Waals surface area contributed by atoms with Gasteiger partial charge in [0.25, 0.3) is 5.56 Å². The molecule has 3 rings (SSSR count). The molecule has 1 aliphatic carbocycles. The minimum atomic E-state index is 0.0400. The number of halogens is 1. The Morgan fingerprint density at radius 3 is 2.82 bits per heavy atom. The van der Waals surface area contributed by atoms with Crippen LogP contribution in [-0.4, -0.2) is 9.55 Å². The number of benzene rings is 1. The molecule has 1 heterocycles. The summed E-state index contributed by atoms with van der Waals surface area (Å²) in [4.78, 5) is 16.8. The van der Waals surface area contributed by atoms with Gasteiger partial charge < -0.3 is 0 Å². The van der Waals surface area contributed by atoms with Crippen molar-refractivity contribution in [3.05, 3.63) is 40.4 Å². The zero-order valence-electron chi connectivity index (χ0n) is 9.40. The summed E-state index contributed by atoms with van der Waals surface area (Å²) in [7, 11) is 0.